The molecule has 0 saturated heterocycles. The Morgan fingerprint density at radius 2 is 1.95 bits per heavy atom. The third-order valence-electron chi connectivity index (χ3n) is 2.35. The van der Waals surface area contributed by atoms with Gasteiger partial charge in [-0.2, -0.15) is 0 Å². The molecule has 0 saturated carbocycles. The van der Waals surface area contributed by atoms with E-state index in [0.717, 1.165) is 0 Å². The van der Waals surface area contributed by atoms with Crippen molar-refractivity contribution in [2.45, 2.75) is 0 Å². The SMILES string of the molecule is N/C=C(\C=Nc1ccc(F)cc1)c1nc(Cl)ncc1Cl. The van der Waals surface area contributed by atoms with Gasteiger partial charge in [-0.05, 0) is 35.9 Å². The van der Waals surface area contributed by atoms with Gasteiger partial charge in [-0.1, -0.05) is 11.6 Å². The molecule has 0 unspecified atom stereocenters. The zero-order valence-electron chi connectivity index (χ0n) is 10.1. The summed E-state index contributed by atoms with van der Waals surface area (Å²) in [5.74, 6) is -0.329. The van der Waals surface area contributed by atoms with Crippen LogP contribution in [0.2, 0.25) is 10.3 Å². The summed E-state index contributed by atoms with van der Waals surface area (Å²) in [4.78, 5) is 11.9. The van der Waals surface area contributed by atoms with Crippen molar-refractivity contribution in [3.8, 4) is 0 Å². The Balaban J connectivity index is 2.30. The summed E-state index contributed by atoms with van der Waals surface area (Å²) in [5.41, 5.74) is 6.96. The highest BCUT2D eigenvalue weighted by molar-refractivity contribution is 6.34. The summed E-state index contributed by atoms with van der Waals surface area (Å²) in [6.07, 6.45) is 4.15. The minimum Gasteiger partial charge on any atom is -0.404 e. The van der Waals surface area contributed by atoms with Crippen LogP contribution >= 0.6 is 23.2 Å². The Bertz CT molecular complexity index is 669. The Hall–Kier alpha value is -1.98. The quantitative estimate of drug-likeness (QED) is 0.695. The number of rotatable bonds is 3. The van der Waals surface area contributed by atoms with Crippen molar-refractivity contribution in [2.75, 3.05) is 0 Å². The third kappa shape index (κ3) is 3.53. The van der Waals surface area contributed by atoms with Crippen LogP contribution in [-0.2, 0) is 0 Å². The van der Waals surface area contributed by atoms with Crippen LogP contribution in [0.3, 0.4) is 0 Å². The number of nitrogens with two attached hydrogens (primary N) is 1. The minimum absolute atomic E-state index is 0.0546. The molecule has 0 aliphatic carbocycles. The maximum atomic E-state index is 12.8. The average molecular weight is 311 g/mol. The highest BCUT2D eigenvalue weighted by Crippen LogP contribution is 2.21. The van der Waals surface area contributed by atoms with Gasteiger partial charge < -0.3 is 5.73 Å². The van der Waals surface area contributed by atoms with Gasteiger partial charge in [-0.3, -0.25) is 4.99 Å². The second kappa shape index (κ2) is 6.45. The molecule has 4 nitrogen and oxygen atoms in total. The summed E-state index contributed by atoms with van der Waals surface area (Å²) >= 11 is 11.7. The van der Waals surface area contributed by atoms with Gasteiger partial charge in [0, 0.05) is 18.0 Å². The Labute approximate surface area is 124 Å². The number of hydrogen-bond donors (Lipinski definition) is 1. The second-order valence-electron chi connectivity index (χ2n) is 3.69. The molecule has 0 aliphatic rings. The minimum atomic E-state index is -0.329. The molecule has 0 atom stereocenters. The summed E-state index contributed by atoms with van der Waals surface area (Å²) < 4.78 is 12.8. The molecule has 1 aromatic heterocycles. The zero-order valence-corrected chi connectivity index (χ0v) is 11.6. The Kier molecular flexibility index (Phi) is 4.65. The topological polar surface area (TPSA) is 64.2 Å². The van der Waals surface area contributed by atoms with Crippen molar-refractivity contribution in [1.82, 2.24) is 9.97 Å². The van der Waals surface area contributed by atoms with Gasteiger partial charge in [-0.15, -0.1) is 0 Å². The van der Waals surface area contributed by atoms with Crippen molar-refractivity contribution in [3.05, 3.63) is 58.5 Å². The fourth-order valence-electron chi connectivity index (χ4n) is 1.40. The smallest absolute Gasteiger partial charge is 0.222 e. The van der Waals surface area contributed by atoms with Gasteiger partial charge in [0.2, 0.25) is 5.28 Å². The van der Waals surface area contributed by atoms with Gasteiger partial charge in [0.05, 0.1) is 22.6 Å². The number of allylic oxidation sites excluding steroid dienone is 1. The molecule has 7 heteroatoms. The number of aromatic nitrogens is 2. The lowest BCUT2D eigenvalue weighted by molar-refractivity contribution is 0.628. The van der Waals surface area contributed by atoms with Crippen LogP contribution in [-0.4, -0.2) is 16.2 Å². The van der Waals surface area contributed by atoms with Crippen molar-refractivity contribution in [2.24, 2.45) is 10.7 Å². The molecular weight excluding hydrogens is 302 g/mol. The van der Waals surface area contributed by atoms with E-state index in [4.69, 9.17) is 28.9 Å². The van der Waals surface area contributed by atoms with Crippen LogP contribution in [0.1, 0.15) is 5.69 Å². The van der Waals surface area contributed by atoms with Gasteiger partial charge in [0.15, 0.2) is 0 Å². The third-order valence-corrected chi connectivity index (χ3v) is 2.81. The zero-order chi connectivity index (χ0) is 14.5. The molecule has 20 heavy (non-hydrogen) atoms. The molecule has 1 heterocycles. The van der Waals surface area contributed by atoms with E-state index in [1.165, 1.54) is 42.9 Å². The van der Waals surface area contributed by atoms with Gasteiger partial charge in [0.25, 0.3) is 0 Å². The van der Waals surface area contributed by atoms with E-state index in [1.54, 1.807) is 0 Å². The molecule has 2 rings (SSSR count). The second-order valence-corrected chi connectivity index (χ2v) is 4.44. The number of benzene rings is 1. The summed E-state index contributed by atoms with van der Waals surface area (Å²) in [5, 5.41) is 0.357. The van der Waals surface area contributed by atoms with E-state index in [-0.39, 0.29) is 11.1 Å². The molecule has 0 spiro atoms. The molecule has 0 bridgehead atoms. The van der Waals surface area contributed by atoms with Crippen molar-refractivity contribution in [1.29, 1.82) is 0 Å². The predicted molar refractivity (Wildman–Crippen MR) is 78.8 cm³/mol. The Morgan fingerprint density at radius 3 is 2.60 bits per heavy atom. The summed E-state index contributed by atoms with van der Waals surface area (Å²) in [6, 6.07) is 5.70. The Morgan fingerprint density at radius 1 is 1.25 bits per heavy atom. The van der Waals surface area contributed by atoms with E-state index in [9.17, 15) is 4.39 Å². The summed E-state index contributed by atoms with van der Waals surface area (Å²) in [7, 11) is 0. The van der Waals surface area contributed by atoms with Crippen LogP contribution in [0.25, 0.3) is 5.57 Å². The highest BCUT2D eigenvalue weighted by atomic mass is 35.5. The first-order valence-electron chi connectivity index (χ1n) is 5.50. The summed E-state index contributed by atoms with van der Waals surface area (Å²) in [6.45, 7) is 0. The molecule has 0 amide bonds. The maximum Gasteiger partial charge on any atom is 0.222 e. The molecule has 102 valence electrons. The van der Waals surface area contributed by atoms with E-state index < -0.39 is 0 Å². The largest absolute Gasteiger partial charge is 0.404 e. The molecule has 2 N–H and O–H groups in total. The standard InChI is InChI=1S/C13H9Cl2FN4/c14-11-7-19-13(15)20-12(11)8(5-17)6-18-10-3-1-9(16)2-4-10/h1-7H,17H2/b8-5+,18-6?. The van der Waals surface area contributed by atoms with E-state index in [0.29, 0.717) is 22.0 Å². The molecule has 0 aliphatic heterocycles. The van der Waals surface area contributed by atoms with Crippen LogP contribution in [0, 0.1) is 5.82 Å². The first-order valence-corrected chi connectivity index (χ1v) is 6.25. The fraction of sp³-hybridized carbons (Fsp3) is 0. The monoisotopic (exact) mass is 310 g/mol. The maximum absolute atomic E-state index is 12.8. The normalized spacial score (nSPS) is 12.1. The first-order chi connectivity index (χ1) is 9.60. The van der Waals surface area contributed by atoms with E-state index >= 15 is 0 Å². The number of aliphatic imine (C=N–C) groups is 1. The van der Waals surface area contributed by atoms with Gasteiger partial charge >= 0.3 is 0 Å². The molecule has 1 aromatic carbocycles. The molecule has 0 radical (unpaired) electrons. The molecular formula is C13H9Cl2FN4. The highest BCUT2D eigenvalue weighted by Gasteiger charge is 2.08. The van der Waals surface area contributed by atoms with E-state index in [1.807, 2.05) is 0 Å². The van der Waals surface area contributed by atoms with E-state index in [2.05, 4.69) is 15.0 Å². The average Bonchev–Trinajstić information content (AvgIpc) is 2.45. The fourth-order valence-corrected chi connectivity index (χ4v) is 1.74. The van der Waals surface area contributed by atoms with Crippen LogP contribution < -0.4 is 5.73 Å². The lowest BCUT2D eigenvalue weighted by atomic mass is 10.2. The number of nitrogens with zero attached hydrogens (tertiary/aromatic N) is 3. The van der Waals surface area contributed by atoms with Gasteiger partial charge in [0.1, 0.15) is 5.82 Å². The predicted octanol–water partition coefficient (Wildman–Crippen LogP) is 3.62. The lowest BCUT2D eigenvalue weighted by Gasteiger charge is -2.03. The number of hydrogen-bond acceptors (Lipinski definition) is 4. The van der Waals surface area contributed by atoms with Crippen molar-refractivity contribution < 1.29 is 4.39 Å². The van der Waals surface area contributed by atoms with Crippen LogP contribution in [0.4, 0.5) is 10.1 Å². The van der Waals surface area contributed by atoms with Crippen molar-refractivity contribution in [3.63, 3.8) is 0 Å². The molecule has 0 fully saturated rings. The van der Waals surface area contributed by atoms with Crippen molar-refractivity contribution >= 4 is 40.7 Å². The molecule has 2 aromatic rings. The van der Waals surface area contributed by atoms with Crippen LogP contribution in [0.5, 0.6) is 0 Å². The van der Waals surface area contributed by atoms with Gasteiger partial charge in [-0.25, -0.2) is 14.4 Å². The van der Waals surface area contributed by atoms with Crippen LogP contribution in [0.15, 0.2) is 41.7 Å². The first kappa shape index (κ1) is 14.4. The lowest BCUT2D eigenvalue weighted by Crippen LogP contribution is -1.97. The number of halogens is 3.